The van der Waals surface area contributed by atoms with Gasteiger partial charge in [-0.1, -0.05) is 37.3 Å². The van der Waals surface area contributed by atoms with E-state index in [9.17, 15) is 5.11 Å². The summed E-state index contributed by atoms with van der Waals surface area (Å²) < 4.78 is 0. The van der Waals surface area contributed by atoms with Crippen molar-refractivity contribution in [3.63, 3.8) is 0 Å². The van der Waals surface area contributed by atoms with Gasteiger partial charge in [-0.25, -0.2) is 0 Å². The van der Waals surface area contributed by atoms with Crippen molar-refractivity contribution < 1.29 is 5.11 Å². The normalized spacial score (nSPS) is 14.9. The second-order valence-electron chi connectivity index (χ2n) is 3.60. The topological polar surface area (TPSA) is 20.2 Å². The molecule has 76 valence electrons. The van der Waals surface area contributed by atoms with Crippen LogP contribution in [0.3, 0.4) is 0 Å². The predicted octanol–water partition coefficient (Wildman–Crippen LogP) is 3.25. The molecule has 1 rings (SSSR count). The number of hydrogen-bond acceptors (Lipinski definition) is 1. The molecule has 0 radical (unpaired) electrons. The fourth-order valence-electron chi connectivity index (χ4n) is 1.47. The Morgan fingerprint density at radius 2 is 1.79 bits per heavy atom. The van der Waals surface area contributed by atoms with E-state index in [1.165, 1.54) is 11.1 Å². The van der Waals surface area contributed by atoms with Gasteiger partial charge in [0.2, 0.25) is 0 Å². The largest absolute Gasteiger partial charge is 0.389 e. The van der Waals surface area contributed by atoms with Gasteiger partial charge in [0.25, 0.3) is 0 Å². The van der Waals surface area contributed by atoms with Crippen LogP contribution < -0.4 is 0 Å². The molecule has 0 saturated heterocycles. The molecule has 0 spiro atoms. The van der Waals surface area contributed by atoms with Crippen LogP contribution in [0.5, 0.6) is 0 Å². The Balaban J connectivity index is 2.99. The van der Waals surface area contributed by atoms with Gasteiger partial charge in [0.1, 0.15) is 0 Å². The smallest absolute Gasteiger partial charge is 0.0750 e. The highest BCUT2D eigenvalue weighted by molar-refractivity contribution is 5.67. The molecule has 0 saturated carbocycles. The molecule has 1 heteroatoms. The lowest BCUT2D eigenvalue weighted by Crippen LogP contribution is -2.07. The minimum absolute atomic E-state index is 0.310. The fraction of sp³-hybridized carbons (Fsp3) is 0.385. The summed E-state index contributed by atoms with van der Waals surface area (Å²) in [4.78, 5) is 0. The summed E-state index contributed by atoms with van der Waals surface area (Å²) >= 11 is 0. The SMILES string of the molecule is CCC(O)/C(C)=C(\C)c1ccccc1. The molecule has 0 aliphatic heterocycles. The molecule has 0 bridgehead atoms. The Bertz CT molecular complexity index is 311. The third-order valence-electron chi connectivity index (χ3n) is 2.68. The van der Waals surface area contributed by atoms with Crippen molar-refractivity contribution >= 4 is 5.57 Å². The number of allylic oxidation sites excluding steroid dienone is 1. The average Bonchev–Trinajstić information content (AvgIpc) is 2.27. The van der Waals surface area contributed by atoms with Crippen LogP contribution in [0, 0.1) is 0 Å². The van der Waals surface area contributed by atoms with Gasteiger partial charge < -0.3 is 5.11 Å². The van der Waals surface area contributed by atoms with E-state index in [1.807, 2.05) is 32.0 Å². The van der Waals surface area contributed by atoms with Crippen molar-refractivity contribution in [2.75, 3.05) is 0 Å². The van der Waals surface area contributed by atoms with Crippen LogP contribution in [-0.4, -0.2) is 11.2 Å². The van der Waals surface area contributed by atoms with E-state index < -0.39 is 0 Å². The van der Waals surface area contributed by atoms with Gasteiger partial charge in [-0.2, -0.15) is 0 Å². The second-order valence-corrected chi connectivity index (χ2v) is 3.60. The van der Waals surface area contributed by atoms with Gasteiger partial charge in [-0.05, 0) is 37.0 Å². The Morgan fingerprint density at radius 3 is 2.29 bits per heavy atom. The van der Waals surface area contributed by atoms with E-state index >= 15 is 0 Å². The minimum atomic E-state index is -0.310. The number of aliphatic hydroxyl groups is 1. The number of hydrogen-bond donors (Lipinski definition) is 1. The third kappa shape index (κ3) is 2.46. The highest BCUT2D eigenvalue weighted by Gasteiger charge is 2.07. The van der Waals surface area contributed by atoms with Crippen molar-refractivity contribution in [3.05, 3.63) is 41.5 Å². The molecule has 0 aromatic heterocycles. The number of rotatable bonds is 3. The Labute approximate surface area is 86.1 Å². The maximum atomic E-state index is 9.70. The summed E-state index contributed by atoms with van der Waals surface area (Å²) in [5.41, 5.74) is 3.44. The van der Waals surface area contributed by atoms with Crippen LogP contribution in [0.1, 0.15) is 32.8 Å². The predicted molar refractivity (Wildman–Crippen MR) is 61.0 cm³/mol. The lowest BCUT2D eigenvalue weighted by atomic mass is 9.98. The van der Waals surface area contributed by atoms with Gasteiger partial charge in [0.15, 0.2) is 0 Å². The van der Waals surface area contributed by atoms with E-state index in [2.05, 4.69) is 19.1 Å². The molecule has 1 N–H and O–H groups in total. The van der Waals surface area contributed by atoms with E-state index in [4.69, 9.17) is 0 Å². The van der Waals surface area contributed by atoms with E-state index in [-0.39, 0.29) is 6.10 Å². The van der Waals surface area contributed by atoms with Crippen LogP contribution in [-0.2, 0) is 0 Å². The monoisotopic (exact) mass is 190 g/mol. The zero-order chi connectivity index (χ0) is 10.6. The van der Waals surface area contributed by atoms with Crippen LogP contribution in [0.15, 0.2) is 35.9 Å². The molecule has 14 heavy (non-hydrogen) atoms. The van der Waals surface area contributed by atoms with E-state index in [0.717, 1.165) is 12.0 Å². The molecule has 1 nitrogen and oxygen atoms in total. The summed E-state index contributed by atoms with van der Waals surface area (Å²) in [6.07, 6.45) is 0.464. The van der Waals surface area contributed by atoms with Crippen molar-refractivity contribution in [1.29, 1.82) is 0 Å². The van der Waals surface area contributed by atoms with Crippen LogP contribution in [0.4, 0.5) is 0 Å². The number of aliphatic hydroxyl groups excluding tert-OH is 1. The van der Waals surface area contributed by atoms with Gasteiger partial charge in [0.05, 0.1) is 6.10 Å². The van der Waals surface area contributed by atoms with Crippen LogP contribution in [0.2, 0.25) is 0 Å². The van der Waals surface area contributed by atoms with Crippen LogP contribution >= 0.6 is 0 Å². The lowest BCUT2D eigenvalue weighted by molar-refractivity contribution is 0.207. The first kappa shape index (κ1) is 11.0. The Hall–Kier alpha value is -1.08. The summed E-state index contributed by atoms with van der Waals surface area (Å²) in [7, 11) is 0. The molecule has 0 fully saturated rings. The molecule has 0 aliphatic carbocycles. The zero-order valence-electron chi connectivity index (χ0n) is 9.12. The number of benzene rings is 1. The van der Waals surface area contributed by atoms with Crippen molar-refractivity contribution in [1.82, 2.24) is 0 Å². The van der Waals surface area contributed by atoms with Crippen molar-refractivity contribution in [3.8, 4) is 0 Å². The van der Waals surface area contributed by atoms with Gasteiger partial charge >= 0.3 is 0 Å². The molecule has 0 heterocycles. The van der Waals surface area contributed by atoms with Crippen LogP contribution in [0.25, 0.3) is 5.57 Å². The molecular weight excluding hydrogens is 172 g/mol. The molecule has 1 aromatic carbocycles. The lowest BCUT2D eigenvalue weighted by Gasteiger charge is -2.12. The van der Waals surface area contributed by atoms with Gasteiger partial charge in [-0.15, -0.1) is 0 Å². The maximum Gasteiger partial charge on any atom is 0.0750 e. The standard InChI is InChI=1S/C13H18O/c1-4-13(14)11(3)10(2)12-8-6-5-7-9-12/h5-9,13-14H,4H2,1-3H3/b11-10+. The summed E-state index contributed by atoms with van der Waals surface area (Å²) in [6, 6.07) is 10.2. The van der Waals surface area contributed by atoms with Gasteiger partial charge in [0, 0.05) is 0 Å². The quantitative estimate of drug-likeness (QED) is 0.775. The molecule has 1 aromatic rings. The second kappa shape index (κ2) is 4.97. The molecule has 1 atom stereocenters. The first-order valence-electron chi connectivity index (χ1n) is 5.07. The van der Waals surface area contributed by atoms with Gasteiger partial charge in [-0.3, -0.25) is 0 Å². The molecule has 0 aliphatic rings. The van der Waals surface area contributed by atoms with E-state index in [0.29, 0.717) is 0 Å². The molecule has 1 unspecified atom stereocenters. The average molecular weight is 190 g/mol. The highest BCUT2D eigenvalue weighted by atomic mass is 16.3. The Morgan fingerprint density at radius 1 is 1.21 bits per heavy atom. The fourth-order valence-corrected chi connectivity index (χ4v) is 1.47. The van der Waals surface area contributed by atoms with Crippen molar-refractivity contribution in [2.24, 2.45) is 0 Å². The Kier molecular flexibility index (Phi) is 3.90. The minimum Gasteiger partial charge on any atom is -0.389 e. The maximum absolute atomic E-state index is 9.70. The zero-order valence-corrected chi connectivity index (χ0v) is 9.12. The summed E-state index contributed by atoms with van der Waals surface area (Å²) in [5.74, 6) is 0. The third-order valence-corrected chi connectivity index (χ3v) is 2.68. The van der Waals surface area contributed by atoms with E-state index in [1.54, 1.807) is 0 Å². The first-order chi connectivity index (χ1) is 6.66. The summed E-state index contributed by atoms with van der Waals surface area (Å²) in [6.45, 7) is 6.05. The summed E-state index contributed by atoms with van der Waals surface area (Å²) in [5, 5.41) is 9.70. The first-order valence-corrected chi connectivity index (χ1v) is 5.07. The highest BCUT2D eigenvalue weighted by Crippen LogP contribution is 2.20. The molecule has 0 amide bonds. The molecular formula is C13H18O. The van der Waals surface area contributed by atoms with Crippen molar-refractivity contribution in [2.45, 2.75) is 33.3 Å².